The maximum absolute atomic E-state index is 6.07. The lowest BCUT2D eigenvalue weighted by Crippen LogP contribution is -2.25. The molecule has 1 aliphatic rings. The third kappa shape index (κ3) is 1.57. The number of fused-ring (bicyclic) bond motifs is 3. The third-order valence-corrected chi connectivity index (χ3v) is 5.01. The van der Waals surface area contributed by atoms with Gasteiger partial charge in [0.05, 0.1) is 5.00 Å². The molecule has 3 rings (SSSR count). The number of anilines is 1. The standard InChI is InChI=1S/C10H11N3S3/c1-13-3-2-5-6(4-13)15-9-7(5)8(11)16-10(14)12-9/h2-4,11H2,1H3. The summed E-state index contributed by atoms with van der Waals surface area (Å²) in [7, 11) is 2.14. The fraction of sp³-hybridized carbons (Fsp3) is 0.400. The van der Waals surface area contributed by atoms with Crippen LogP contribution in [-0.2, 0) is 13.0 Å². The summed E-state index contributed by atoms with van der Waals surface area (Å²) in [6, 6.07) is 0. The zero-order chi connectivity index (χ0) is 11.3. The van der Waals surface area contributed by atoms with E-state index >= 15 is 0 Å². The van der Waals surface area contributed by atoms with Crippen LogP contribution in [0.4, 0.5) is 5.00 Å². The summed E-state index contributed by atoms with van der Waals surface area (Å²) >= 11 is 8.27. The second-order valence-corrected chi connectivity index (χ2v) is 6.78. The fourth-order valence-electron chi connectivity index (χ4n) is 2.10. The molecule has 0 aromatic carbocycles. The summed E-state index contributed by atoms with van der Waals surface area (Å²) in [6.45, 7) is 2.10. The quantitative estimate of drug-likeness (QED) is 0.747. The second-order valence-electron chi connectivity index (χ2n) is 4.02. The fourth-order valence-corrected chi connectivity index (χ4v) is 4.61. The SMILES string of the molecule is CN1CCc2c(sc3nc(=S)sc(N)c23)C1. The van der Waals surface area contributed by atoms with Crippen molar-refractivity contribution in [2.45, 2.75) is 13.0 Å². The number of thiophene rings is 1. The van der Waals surface area contributed by atoms with Crippen LogP contribution in [0.2, 0.25) is 0 Å². The minimum Gasteiger partial charge on any atom is -0.390 e. The molecule has 0 saturated carbocycles. The highest BCUT2D eigenvalue weighted by atomic mass is 32.1. The van der Waals surface area contributed by atoms with Crippen LogP contribution in [0.25, 0.3) is 10.2 Å². The summed E-state index contributed by atoms with van der Waals surface area (Å²) in [5, 5.41) is 1.99. The second kappa shape index (κ2) is 3.73. The molecule has 0 fully saturated rings. The average molecular weight is 269 g/mol. The minimum absolute atomic E-state index is 0.636. The lowest BCUT2D eigenvalue weighted by atomic mass is 10.1. The van der Waals surface area contributed by atoms with Gasteiger partial charge in [-0.3, -0.25) is 0 Å². The van der Waals surface area contributed by atoms with Crippen molar-refractivity contribution < 1.29 is 0 Å². The van der Waals surface area contributed by atoms with Crippen LogP contribution in [0.15, 0.2) is 0 Å². The predicted molar refractivity (Wildman–Crippen MR) is 72.8 cm³/mol. The number of nitrogens with zero attached hydrogens (tertiary/aromatic N) is 2. The Balaban J connectivity index is 2.33. The summed E-state index contributed by atoms with van der Waals surface area (Å²) in [5.74, 6) is 0. The Hall–Kier alpha value is -0.560. The summed E-state index contributed by atoms with van der Waals surface area (Å²) in [5.41, 5.74) is 7.46. The zero-order valence-electron chi connectivity index (χ0n) is 8.82. The van der Waals surface area contributed by atoms with Gasteiger partial charge in [0.15, 0.2) is 3.95 Å². The number of nitrogen functional groups attached to an aromatic ring is 1. The number of hydrogen-bond donors (Lipinski definition) is 1. The molecule has 0 saturated heterocycles. The summed E-state index contributed by atoms with van der Waals surface area (Å²) < 4.78 is 0.636. The van der Waals surface area contributed by atoms with Gasteiger partial charge in [-0.1, -0.05) is 11.3 Å². The van der Waals surface area contributed by atoms with Crippen molar-refractivity contribution in [1.82, 2.24) is 9.88 Å². The van der Waals surface area contributed by atoms with Crippen molar-refractivity contribution in [3.05, 3.63) is 14.4 Å². The molecule has 2 aromatic rings. The van der Waals surface area contributed by atoms with Crippen molar-refractivity contribution in [2.75, 3.05) is 19.3 Å². The Morgan fingerprint density at radius 3 is 3.06 bits per heavy atom. The lowest BCUT2D eigenvalue weighted by Gasteiger charge is -2.22. The van der Waals surface area contributed by atoms with Gasteiger partial charge in [-0.25, -0.2) is 4.98 Å². The number of rotatable bonds is 0. The number of hydrogen-bond acceptors (Lipinski definition) is 6. The Bertz CT molecular complexity index is 614. The lowest BCUT2D eigenvalue weighted by molar-refractivity contribution is 0.318. The summed E-state index contributed by atoms with van der Waals surface area (Å²) in [6.07, 6.45) is 1.07. The number of aromatic nitrogens is 1. The van der Waals surface area contributed by atoms with Crippen LogP contribution >= 0.6 is 34.9 Å². The monoisotopic (exact) mass is 269 g/mol. The van der Waals surface area contributed by atoms with E-state index in [1.807, 2.05) is 0 Å². The first-order valence-electron chi connectivity index (χ1n) is 5.04. The van der Waals surface area contributed by atoms with Crippen molar-refractivity contribution in [1.29, 1.82) is 0 Å². The zero-order valence-corrected chi connectivity index (χ0v) is 11.3. The molecule has 2 aromatic heterocycles. The Morgan fingerprint density at radius 2 is 2.25 bits per heavy atom. The molecule has 3 nitrogen and oxygen atoms in total. The molecular formula is C10H11N3S3. The topological polar surface area (TPSA) is 42.2 Å². The Morgan fingerprint density at radius 1 is 1.44 bits per heavy atom. The minimum atomic E-state index is 0.636. The highest BCUT2D eigenvalue weighted by molar-refractivity contribution is 7.73. The summed E-state index contributed by atoms with van der Waals surface area (Å²) in [4.78, 5) is 9.16. The number of nitrogens with two attached hydrogens (primary N) is 1. The van der Waals surface area contributed by atoms with Gasteiger partial charge in [0.1, 0.15) is 4.83 Å². The molecule has 84 valence electrons. The van der Waals surface area contributed by atoms with E-state index in [9.17, 15) is 0 Å². The Kier molecular flexibility index (Phi) is 2.47. The molecule has 3 heterocycles. The van der Waals surface area contributed by atoms with E-state index < -0.39 is 0 Å². The van der Waals surface area contributed by atoms with Gasteiger partial charge in [-0.15, -0.1) is 11.3 Å². The maximum Gasteiger partial charge on any atom is 0.183 e. The molecule has 0 amide bonds. The van der Waals surface area contributed by atoms with E-state index in [4.69, 9.17) is 18.0 Å². The molecule has 16 heavy (non-hydrogen) atoms. The number of likely N-dealkylation sites (N-methyl/N-ethyl adjacent to an activating group) is 1. The van der Waals surface area contributed by atoms with Gasteiger partial charge in [0, 0.05) is 23.4 Å². The molecule has 0 unspecified atom stereocenters. The molecule has 0 bridgehead atoms. The first-order valence-corrected chi connectivity index (χ1v) is 7.08. The van der Waals surface area contributed by atoms with Gasteiger partial charge >= 0.3 is 0 Å². The van der Waals surface area contributed by atoms with E-state index in [0.29, 0.717) is 3.95 Å². The maximum atomic E-state index is 6.07. The van der Waals surface area contributed by atoms with Crippen molar-refractivity contribution in [2.24, 2.45) is 0 Å². The average Bonchev–Trinajstić information content (AvgIpc) is 2.54. The van der Waals surface area contributed by atoms with Gasteiger partial charge < -0.3 is 10.6 Å². The smallest absolute Gasteiger partial charge is 0.183 e. The van der Waals surface area contributed by atoms with Gasteiger partial charge in [-0.05, 0) is 31.2 Å². The van der Waals surface area contributed by atoms with Crippen LogP contribution in [0.5, 0.6) is 0 Å². The molecule has 0 atom stereocenters. The van der Waals surface area contributed by atoms with E-state index in [1.165, 1.54) is 21.8 Å². The molecule has 0 aliphatic carbocycles. The highest BCUT2D eigenvalue weighted by Crippen LogP contribution is 2.38. The first-order chi connectivity index (χ1) is 7.65. The molecular weight excluding hydrogens is 258 g/mol. The normalized spacial score (nSPS) is 16.6. The molecule has 0 spiro atoms. The Labute approximate surface area is 107 Å². The van der Waals surface area contributed by atoms with Crippen molar-refractivity contribution in [3.63, 3.8) is 0 Å². The first kappa shape index (κ1) is 10.6. The van der Waals surface area contributed by atoms with E-state index in [1.54, 1.807) is 11.3 Å². The molecule has 2 N–H and O–H groups in total. The highest BCUT2D eigenvalue weighted by Gasteiger charge is 2.21. The van der Waals surface area contributed by atoms with Crippen LogP contribution < -0.4 is 5.73 Å². The van der Waals surface area contributed by atoms with E-state index in [2.05, 4.69) is 16.9 Å². The van der Waals surface area contributed by atoms with Gasteiger partial charge in [0.2, 0.25) is 0 Å². The molecule has 0 radical (unpaired) electrons. The van der Waals surface area contributed by atoms with E-state index in [-0.39, 0.29) is 0 Å². The predicted octanol–water partition coefficient (Wildman–Crippen LogP) is 2.66. The van der Waals surface area contributed by atoms with Crippen molar-refractivity contribution >= 4 is 50.1 Å². The van der Waals surface area contributed by atoms with Gasteiger partial charge in [-0.2, -0.15) is 0 Å². The van der Waals surface area contributed by atoms with Crippen LogP contribution in [0, 0.1) is 3.95 Å². The van der Waals surface area contributed by atoms with Gasteiger partial charge in [0.25, 0.3) is 0 Å². The largest absolute Gasteiger partial charge is 0.390 e. The van der Waals surface area contributed by atoms with Crippen molar-refractivity contribution in [3.8, 4) is 0 Å². The van der Waals surface area contributed by atoms with Crippen LogP contribution in [-0.4, -0.2) is 23.5 Å². The van der Waals surface area contributed by atoms with Crippen LogP contribution in [0.3, 0.4) is 0 Å². The molecule has 6 heteroatoms. The van der Waals surface area contributed by atoms with E-state index in [0.717, 1.165) is 34.7 Å². The third-order valence-electron chi connectivity index (χ3n) is 2.87. The molecule has 1 aliphatic heterocycles. The van der Waals surface area contributed by atoms with Crippen LogP contribution in [0.1, 0.15) is 10.4 Å².